The molecule has 0 saturated carbocycles. The molecular formula is C8H9BF2. The maximum Gasteiger partial charge on any atom is 0.161 e. The van der Waals surface area contributed by atoms with E-state index in [1.54, 1.807) is 13.0 Å². The van der Waals surface area contributed by atoms with Crippen LogP contribution in [-0.2, 0) is 6.32 Å². The number of hydrogen-bond acceptors (Lipinski definition) is 0. The number of benzene rings is 1. The zero-order valence-electron chi connectivity index (χ0n) is 6.62. The first-order valence-corrected chi connectivity index (χ1v) is 3.59. The molecule has 0 N–H and O–H groups in total. The molecule has 0 atom stereocenters. The summed E-state index contributed by atoms with van der Waals surface area (Å²) in [5.41, 5.74) is 1.21. The molecule has 0 saturated heterocycles. The van der Waals surface area contributed by atoms with Crippen LogP contribution in [-0.4, -0.2) is 7.85 Å². The van der Waals surface area contributed by atoms with Gasteiger partial charge in [-0.1, -0.05) is 17.9 Å². The Balaban J connectivity index is 3.21. The highest BCUT2D eigenvalue weighted by atomic mass is 19.2. The summed E-state index contributed by atoms with van der Waals surface area (Å²) in [7, 11) is 1.91. The Morgan fingerprint density at radius 1 is 1.36 bits per heavy atom. The smallest absolute Gasteiger partial charge is 0.161 e. The monoisotopic (exact) mass is 154 g/mol. The van der Waals surface area contributed by atoms with Gasteiger partial charge >= 0.3 is 0 Å². The van der Waals surface area contributed by atoms with Gasteiger partial charge in [-0.25, -0.2) is 8.78 Å². The van der Waals surface area contributed by atoms with Crippen molar-refractivity contribution in [2.45, 2.75) is 13.2 Å². The fraction of sp³-hybridized carbons (Fsp3) is 0.250. The van der Waals surface area contributed by atoms with Gasteiger partial charge in [0.1, 0.15) is 7.85 Å². The zero-order chi connectivity index (χ0) is 8.43. The van der Waals surface area contributed by atoms with Gasteiger partial charge in [0.2, 0.25) is 0 Å². The van der Waals surface area contributed by atoms with Crippen LogP contribution in [0, 0.1) is 18.6 Å². The zero-order valence-corrected chi connectivity index (χ0v) is 6.62. The van der Waals surface area contributed by atoms with Crippen molar-refractivity contribution in [3.8, 4) is 0 Å². The topological polar surface area (TPSA) is 0 Å². The van der Waals surface area contributed by atoms with Crippen molar-refractivity contribution < 1.29 is 8.78 Å². The van der Waals surface area contributed by atoms with Gasteiger partial charge in [-0.2, -0.15) is 0 Å². The number of hydrogen-bond donors (Lipinski definition) is 0. The normalized spacial score (nSPS) is 10.1. The number of aryl methyl sites for hydroxylation is 1. The predicted octanol–water partition coefficient (Wildman–Crippen LogP) is 1.41. The van der Waals surface area contributed by atoms with Crippen molar-refractivity contribution in [2.24, 2.45) is 0 Å². The fourth-order valence-electron chi connectivity index (χ4n) is 1.00. The first-order valence-electron chi connectivity index (χ1n) is 3.59. The summed E-state index contributed by atoms with van der Waals surface area (Å²) in [5, 5.41) is 0. The Labute approximate surface area is 65.6 Å². The Bertz CT molecular complexity index is 248. The molecule has 0 amide bonds. The Hall–Kier alpha value is -0.855. The van der Waals surface area contributed by atoms with Crippen molar-refractivity contribution in [1.82, 2.24) is 0 Å². The van der Waals surface area contributed by atoms with E-state index in [9.17, 15) is 8.78 Å². The second-order valence-electron chi connectivity index (χ2n) is 2.56. The molecule has 0 radical (unpaired) electrons. The van der Waals surface area contributed by atoms with Gasteiger partial charge in [0, 0.05) is 0 Å². The summed E-state index contributed by atoms with van der Waals surface area (Å²) < 4.78 is 25.3. The molecule has 0 aliphatic carbocycles. The molecule has 0 heterocycles. The third-order valence-electron chi connectivity index (χ3n) is 1.68. The van der Waals surface area contributed by atoms with Crippen LogP contribution < -0.4 is 0 Å². The van der Waals surface area contributed by atoms with Gasteiger partial charge in [0.25, 0.3) is 0 Å². The lowest BCUT2D eigenvalue weighted by Gasteiger charge is -2.01. The maximum atomic E-state index is 12.7. The van der Waals surface area contributed by atoms with Gasteiger partial charge in [-0.05, 0) is 18.6 Å². The van der Waals surface area contributed by atoms with Crippen molar-refractivity contribution in [3.63, 3.8) is 0 Å². The minimum Gasteiger partial charge on any atom is -0.204 e. The van der Waals surface area contributed by atoms with Crippen LogP contribution in [0.1, 0.15) is 11.1 Å². The Morgan fingerprint density at radius 2 is 2.00 bits per heavy atom. The highest BCUT2D eigenvalue weighted by Gasteiger charge is 2.05. The van der Waals surface area contributed by atoms with E-state index >= 15 is 0 Å². The van der Waals surface area contributed by atoms with E-state index in [1.165, 1.54) is 6.07 Å². The van der Waals surface area contributed by atoms with Crippen molar-refractivity contribution in [2.75, 3.05) is 0 Å². The fourth-order valence-corrected chi connectivity index (χ4v) is 1.00. The second-order valence-corrected chi connectivity index (χ2v) is 2.56. The molecule has 0 aliphatic rings. The molecular weight excluding hydrogens is 145 g/mol. The molecule has 1 aromatic rings. The van der Waals surface area contributed by atoms with Crippen LogP contribution in [0.2, 0.25) is 0 Å². The Morgan fingerprint density at radius 3 is 2.45 bits per heavy atom. The van der Waals surface area contributed by atoms with Crippen LogP contribution in [0.4, 0.5) is 8.78 Å². The van der Waals surface area contributed by atoms with Crippen LogP contribution in [0.5, 0.6) is 0 Å². The standard InChI is InChI=1S/C8H9BF2/c1-5-2-6(4-9)3-7(10)8(5)11/h2-3H,4,9H2,1H3. The highest BCUT2D eigenvalue weighted by molar-refractivity contribution is 6.08. The summed E-state index contributed by atoms with van der Waals surface area (Å²) in [4.78, 5) is 0. The molecule has 3 heteroatoms. The molecule has 0 bridgehead atoms. The first kappa shape index (κ1) is 8.24. The SMILES string of the molecule is BCc1cc(C)c(F)c(F)c1. The number of rotatable bonds is 1. The molecule has 1 rings (SSSR count). The first-order chi connectivity index (χ1) is 5.15. The molecule has 1 aromatic carbocycles. The predicted molar refractivity (Wildman–Crippen MR) is 43.3 cm³/mol. The van der Waals surface area contributed by atoms with Crippen molar-refractivity contribution in [3.05, 3.63) is 34.9 Å². The van der Waals surface area contributed by atoms with Gasteiger partial charge in [0.05, 0.1) is 0 Å². The largest absolute Gasteiger partial charge is 0.204 e. The highest BCUT2D eigenvalue weighted by Crippen LogP contribution is 2.13. The lowest BCUT2D eigenvalue weighted by molar-refractivity contribution is 0.502. The molecule has 11 heavy (non-hydrogen) atoms. The summed E-state index contributed by atoms with van der Waals surface area (Å²) in [6.45, 7) is 1.57. The van der Waals surface area contributed by atoms with Crippen LogP contribution >= 0.6 is 0 Å². The van der Waals surface area contributed by atoms with E-state index in [2.05, 4.69) is 0 Å². The lowest BCUT2D eigenvalue weighted by Crippen LogP contribution is -1.93. The molecule has 58 valence electrons. The summed E-state index contributed by atoms with van der Waals surface area (Å²) in [6.07, 6.45) is 0.734. The Kier molecular flexibility index (Phi) is 2.27. The maximum absolute atomic E-state index is 12.7. The quantitative estimate of drug-likeness (QED) is 0.536. The van der Waals surface area contributed by atoms with E-state index in [1.807, 2.05) is 7.85 Å². The molecule has 0 spiro atoms. The average Bonchev–Trinajstić information content (AvgIpc) is 1.99. The van der Waals surface area contributed by atoms with E-state index in [0.29, 0.717) is 5.56 Å². The molecule has 0 aromatic heterocycles. The van der Waals surface area contributed by atoms with Crippen LogP contribution in [0.25, 0.3) is 0 Å². The molecule has 0 fully saturated rings. The summed E-state index contributed by atoms with van der Waals surface area (Å²) in [6, 6.07) is 2.90. The lowest BCUT2D eigenvalue weighted by atomic mass is 9.95. The van der Waals surface area contributed by atoms with Crippen LogP contribution in [0.3, 0.4) is 0 Å². The average molecular weight is 154 g/mol. The van der Waals surface area contributed by atoms with Gasteiger partial charge < -0.3 is 0 Å². The number of halogens is 2. The summed E-state index contributed by atoms with van der Waals surface area (Å²) in [5.74, 6) is -1.48. The molecule has 0 nitrogen and oxygen atoms in total. The summed E-state index contributed by atoms with van der Waals surface area (Å²) >= 11 is 0. The van der Waals surface area contributed by atoms with E-state index < -0.39 is 11.6 Å². The van der Waals surface area contributed by atoms with Gasteiger partial charge in [0.15, 0.2) is 11.6 Å². The van der Waals surface area contributed by atoms with E-state index in [-0.39, 0.29) is 0 Å². The van der Waals surface area contributed by atoms with Crippen molar-refractivity contribution in [1.29, 1.82) is 0 Å². The minimum absolute atomic E-state index is 0.377. The van der Waals surface area contributed by atoms with Gasteiger partial charge in [-0.15, -0.1) is 0 Å². The minimum atomic E-state index is -0.748. The third-order valence-corrected chi connectivity index (χ3v) is 1.68. The second kappa shape index (κ2) is 3.03. The molecule has 0 unspecified atom stereocenters. The van der Waals surface area contributed by atoms with E-state index in [0.717, 1.165) is 11.9 Å². The van der Waals surface area contributed by atoms with Crippen LogP contribution in [0.15, 0.2) is 12.1 Å². The third kappa shape index (κ3) is 1.59. The van der Waals surface area contributed by atoms with E-state index in [4.69, 9.17) is 0 Å². The molecule has 0 aliphatic heterocycles. The van der Waals surface area contributed by atoms with Gasteiger partial charge in [-0.3, -0.25) is 0 Å². The van der Waals surface area contributed by atoms with Crippen molar-refractivity contribution >= 4 is 7.85 Å².